The Kier molecular flexibility index (Phi) is 3.16. The van der Waals surface area contributed by atoms with Gasteiger partial charge in [0.05, 0.1) is 25.0 Å². The highest BCUT2D eigenvalue weighted by Gasteiger charge is 2.02. The molecule has 5 nitrogen and oxygen atoms in total. The van der Waals surface area contributed by atoms with Crippen LogP contribution in [0, 0.1) is 0 Å². The zero-order chi connectivity index (χ0) is 11.4. The molecule has 0 radical (unpaired) electrons. The number of imidazole rings is 1. The lowest BCUT2D eigenvalue weighted by atomic mass is 10.2. The van der Waals surface area contributed by atoms with Crippen LogP contribution in [-0.2, 0) is 20.2 Å². The summed E-state index contributed by atoms with van der Waals surface area (Å²) in [6.07, 6.45) is 7.02. The van der Waals surface area contributed by atoms with Gasteiger partial charge in [-0.3, -0.25) is 4.98 Å². The number of rotatable bonds is 4. The van der Waals surface area contributed by atoms with E-state index < -0.39 is 0 Å². The lowest BCUT2D eigenvalue weighted by molar-refractivity contribution is 0.282. The smallest absolute Gasteiger partial charge is 0.127 e. The van der Waals surface area contributed by atoms with E-state index in [1.807, 2.05) is 17.8 Å². The quantitative estimate of drug-likeness (QED) is 0.801. The molecule has 84 valence electrons. The predicted molar refractivity (Wildman–Crippen MR) is 60.7 cm³/mol. The summed E-state index contributed by atoms with van der Waals surface area (Å²) in [4.78, 5) is 8.22. The third-order valence-corrected chi connectivity index (χ3v) is 2.44. The van der Waals surface area contributed by atoms with Gasteiger partial charge in [-0.15, -0.1) is 0 Å². The first-order valence-corrected chi connectivity index (χ1v) is 5.05. The van der Waals surface area contributed by atoms with E-state index in [0.717, 1.165) is 17.1 Å². The fourth-order valence-electron chi connectivity index (χ4n) is 1.46. The number of nitrogens with zero attached hydrogens (tertiary/aromatic N) is 3. The predicted octanol–water partition coefficient (Wildman–Crippen LogP) is 0.919. The second-order valence-corrected chi connectivity index (χ2v) is 3.50. The first kappa shape index (κ1) is 10.6. The van der Waals surface area contributed by atoms with Gasteiger partial charge in [0.15, 0.2) is 0 Å². The summed E-state index contributed by atoms with van der Waals surface area (Å²) in [5.41, 5.74) is 1.68. The molecule has 2 N–H and O–H groups in total. The van der Waals surface area contributed by atoms with Crippen molar-refractivity contribution in [2.24, 2.45) is 7.05 Å². The Bertz CT molecular complexity index is 467. The maximum Gasteiger partial charge on any atom is 0.127 e. The molecule has 0 saturated carbocycles. The fourth-order valence-corrected chi connectivity index (χ4v) is 1.46. The molecule has 2 heterocycles. The number of aliphatic hydroxyl groups excluding tert-OH is 1. The summed E-state index contributed by atoms with van der Waals surface area (Å²) in [6.45, 7) is 0.619. The number of aromatic nitrogens is 3. The van der Waals surface area contributed by atoms with Crippen molar-refractivity contribution >= 4 is 5.69 Å². The van der Waals surface area contributed by atoms with Gasteiger partial charge >= 0.3 is 0 Å². The molecule has 5 heteroatoms. The number of aliphatic hydroxyl groups is 1. The summed E-state index contributed by atoms with van der Waals surface area (Å²) in [5, 5.41) is 12.3. The summed E-state index contributed by atoms with van der Waals surface area (Å²) in [6, 6.07) is 1.79. The van der Waals surface area contributed by atoms with Crippen LogP contribution in [-0.4, -0.2) is 19.6 Å². The molecular weight excluding hydrogens is 204 g/mol. The van der Waals surface area contributed by atoms with Gasteiger partial charge in [-0.2, -0.15) is 0 Å². The number of anilines is 1. The Balaban J connectivity index is 2.07. The highest BCUT2D eigenvalue weighted by atomic mass is 16.3. The number of hydrogen-bond acceptors (Lipinski definition) is 4. The molecule has 0 unspecified atom stereocenters. The molecule has 0 aromatic carbocycles. The van der Waals surface area contributed by atoms with Crippen molar-refractivity contribution in [3.8, 4) is 0 Å². The van der Waals surface area contributed by atoms with Gasteiger partial charge < -0.3 is 15.0 Å². The van der Waals surface area contributed by atoms with Crippen LogP contribution in [0.15, 0.2) is 30.9 Å². The van der Waals surface area contributed by atoms with Crippen molar-refractivity contribution in [3.63, 3.8) is 0 Å². The maximum atomic E-state index is 9.14. The lowest BCUT2D eigenvalue weighted by Crippen LogP contribution is -2.07. The minimum Gasteiger partial charge on any atom is -0.392 e. The number of pyridine rings is 1. The standard InChI is InChI=1S/C11H14N4O/c1-15-5-4-13-11(15)7-14-10-6-12-3-2-9(10)8-16/h2-6,14,16H,7-8H2,1H3. The van der Waals surface area contributed by atoms with E-state index in [9.17, 15) is 0 Å². The molecular formula is C11H14N4O. The van der Waals surface area contributed by atoms with E-state index >= 15 is 0 Å². The van der Waals surface area contributed by atoms with Crippen molar-refractivity contribution in [2.75, 3.05) is 5.32 Å². The Morgan fingerprint density at radius 3 is 3.00 bits per heavy atom. The largest absolute Gasteiger partial charge is 0.392 e. The third-order valence-electron chi connectivity index (χ3n) is 2.44. The highest BCUT2D eigenvalue weighted by Crippen LogP contribution is 2.13. The summed E-state index contributed by atoms with van der Waals surface area (Å²) < 4.78 is 1.95. The number of aryl methyl sites for hydroxylation is 1. The van der Waals surface area contributed by atoms with Crippen LogP contribution in [0.3, 0.4) is 0 Å². The summed E-state index contributed by atoms with van der Waals surface area (Å²) in [5.74, 6) is 0.938. The van der Waals surface area contributed by atoms with E-state index in [-0.39, 0.29) is 6.61 Å². The lowest BCUT2D eigenvalue weighted by Gasteiger charge is -2.09. The third kappa shape index (κ3) is 2.20. The molecule has 2 rings (SSSR count). The van der Waals surface area contributed by atoms with E-state index in [0.29, 0.717) is 6.54 Å². The average Bonchev–Trinajstić information content (AvgIpc) is 2.72. The topological polar surface area (TPSA) is 63.0 Å². The molecule has 0 atom stereocenters. The van der Waals surface area contributed by atoms with Crippen LogP contribution in [0.2, 0.25) is 0 Å². The van der Waals surface area contributed by atoms with E-state index in [1.165, 1.54) is 0 Å². The minimum absolute atomic E-state index is 0.00538. The second-order valence-electron chi connectivity index (χ2n) is 3.50. The molecule has 0 aliphatic carbocycles. The minimum atomic E-state index is 0.00538. The molecule has 2 aromatic heterocycles. The first-order valence-electron chi connectivity index (χ1n) is 5.05. The van der Waals surface area contributed by atoms with Gasteiger partial charge in [0, 0.05) is 31.2 Å². The molecule has 0 saturated heterocycles. The molecule has 0 aliphatic heterocycles. The molecule has 0 bridgehead atoms. The molecule has 0 fully saturated rings. The van der Waals surface area contributed by atoms with Crippen LogP contribution < -0.4 is 5.32 Å². The van der Waals surface area contributed by atoms with Gasteiger partial charge in [-0.1, -0.05) is 0 Å². The normalized spacial score (nSPS) is 10.4. The Labute approximate surface area is 93.8 Å². The van der Waals surface area contributed by atoms with Crippen molar-refractivity contribution < 1.29 is 5.11 Å². The van der Waals surface area contributed by atoms with Crippen molar-refractivity contribution in [1.29, 1.82) is 0 Å². The van der Waals surface area contributed by atoms with Crippen molar-refractivity contribution in [2.45, 2.75) is 13.2 Å². The monoisotopic (exact) mass is 218 g/mol. The zero-order valence-corrected chi connectivity index (χ0v) is 9.09. The fraction of sp³-hybridized carbons (Fsp3) is 0.273. The van der Waals surface area contributed by atoms with Gasteiger partial charge in [0.1, 0.15) is 5.82 Å². The van der Waals surface area contributed by atoms with E-state index in [1.54, 1.807) is 24.7 Å². The Morgan fingerprint density at radius 2 is 2.31 bits per heavy atom. The van der Waals surface area contributed by atoms with Gasteiger partial charge in [0.2, 0.25) is 0 Å². The average molecular weight is 218 g/mol. The second kappa shape index (κ2) is 4.76. The molecule has 2 aromatic rings. The van der Waals surface area contributed by atoms with Crippen LogP contribution in [0.5, 0.6) is 0 Å². The van der Waals surface area contributed by atoms with Crippen molar-refractivity contribution in [1.82, 2.24) is 14.5 Å². The van der Waals surface area contributed by atoms with E-state index in [2.05, 4.69) is 15.3 Å². The van der Waals surface area contributed by atoms with Gasteiger partial charge in [-0.25, -0.2) is 4.98 Å². The highest BCUT2D eigenvalue weighted by molar-refractivity contribution is 5.48. The van der Waals surface area contributed by atoms with Crippen molar-refractivity contribution in [3.05, 3.63) is 42.2 Å². The number of hydrogen-bond donors (Lipinski definition) is 2. The number of nitrogens with one attached hydrogen (secondary N) is 1. The molecule has 0 spiro atoms. The van der Waals surface area contributed by atoms with Crippen LogP contribution in [0.4, 0.5) is 5.69 Å². The SMILES string of the molecule is Cn1ccnc1CNc1cnccc1CO. The first-order chi connectivity index (χ1) is 7.81. The Hall–Kier alpha value is -1.88. The van der Waals surface area contributed by atoms with E-state index in [4.69, 9.17) is 5.11 Å². The van der Waals surface area contributed by atoms with Crippen LogP contribution in [0.1, 0.15) is 11.4 Å². The molecule has 16 heavy (non-hydrogen) atoms. The maximum absolute atomic E-state index is 9.14. The van der Waals surface area contributed by atoms with Crippen LogP contribution >= 0.6 is 0 Å². The van der Waals surface area contributed by atoms with Crippen LogP contribution in [0.25, 0.3) is 0 Å². The summed E-state index contributed by atoms with van der Waals surface area (Å²) >= 11 is 0. The Morgan fingerprint density at radius 1 is 1.44 bits per heavy atom. The molecule has 0 aliphatic rings. The molecule has 0 amide bonds. The summed E-state index contributed by atoms with van der Waals surface area (Å²) in [7, 11) is 1.94. The zero-order valence-electron chi connectivity index (χ0n) is 9.09. The van der Waals surface area contributed by atoms with Gasteiger partial charge in [0.25, 0.3) is 0 Å². The van der Waals surface area contributed by atoms with Gasteiger partial charge in [-0.05, 0) is 6.07 Å².